The van der Waals surface area contributed by atoms with Gasteiger partial charge in [0, 0.05) is 12.6 Å². The van der Waals surface area contributed by atoms with Crippen LogP contribution in [0.15, 0.2) is 0 Å². The lowest BCUT2D eigenvalue weighted by Gasteiger charge is -2.33. The molecule has 1 saturated heterocycles. The summed E-state index contributed by atoms with van der Waals surface area (Å²) in [5.41, 5.74) is 0. The Morgan fingerprint density at radius 1 is 1.33 bits per heavy atom. The van der Waals surface area contributed by atoms with E-state index < -0.39 is 24.0 Å². The van der Waals surface area contributed by atoms with Crippen molar-refractivity contribution in [3.8, 4) is 0 Å². The molecule has 0 aromatic carbocycles. The molecule has 1 amide bonds. The first-order chi connectivity index (χ1) is 8.18. The molecule has 0 bridgehead atoms. The first kappa shape index (κ1) is 15.1. The Morgan fingerprint density at radius 3 is 2.44 bits per heavy atom. The standard InChI is InChI=1S/C10H15F5N2O/c1-2-17-5-3-4-7(6-17)16-8(18)9(11,12)10(13,14)15/h7H,2-6H2,1H3,(H,16,18). The van der Waals surface area contributed by atoms with Crippen LogP contribution in [0.4, 0.5) is 22.0 Å². The number of rotatable bonds is 3. The molecule has 0 aromatic rings. The van der Waals surface area contributed by atoms with Gasteiger partial charge in [0.15, 0.2) is 0 Å². The molecule has 1 heterocycles. The number of piperidine rings is 1. The quantitative estimate of drug-likeness (QED) is 0.796. The third-order valence-electron chi connectivity index (χ3n) is 2.93. The molecular formula is C10H15F5N2O. The lowest BCUT2D eigenvalue weighted by Crippen LogP contribution is -2.56. The van der Waals surface area contributed by atoms with Gasteiger partial charge in [-0.1, -0.05) is 6.92 Å². The number of carbonyl (C=O) groups is 1. The van der Waals surface area contributed by atoms with Gasteiger partial charge in [-0.25, -0.2) is 0 Å². The van der Waals surface area contributed by atoms with E-state index in [1.54, 1.807) is 5.32 Å². The molecule has 1 rings (SSSR count). The lowest BCUT2D eigenvalue weighted by atomic mass is 10.1. The first-order valence-corrected chi connectivity index (χ1v) is 5.66. The summed E-state index contributed by atoms with van der Waals surface area (Å²) in [7, 11) is 0. The van der Waals surface area contributed by atoms with Gasteiger partial charge in [0.25, 0.3) is 0 Å². The molecule has 0 radical (unpaired) electrons. The maximum absolute atomic E-state index is 12.7. The number of amides is 1. The van der Waals surface area contributed by atoms with E-state index in [-0.39, 0.29) is 0 Å². The molecule has 1 fully saturated rings. The number of likely N-dealkylation sites (N-methyl/N-ethyl adjacent to an activating group) is 1. The second-order valence-corrected chi connectivity index (χ2v) is 4.28. The van der Waals surface area contributed by atoms with Gasteiger partial charge >= 0.3 is 18.0 Å². The van der Waals surface area contributed by atoms with E-state index in [1.807, 2.05) is 11.8 Å². The van der Waals surface area contributed by atoms with E-state index in [1.165, 1.54) is 0 Å². The molecule has 0 aromatic heterocycles. The molecule has 18 heavy (non-hydrogen) atoms. The highest BCUT2D eigenvalue weighted by atomic mass is 19.4. The van der Waals surface area contributed by atoms with Gasteiger partial charge in [-0.2, -0.15) is 22.0 Å². The van der Waals surface area contributed by atoms with Crippen molar-refractivity contribution in [2.75, 3.05) is 19.6 Å². The third-order valence-corrected chi connectivity index (χ3v) is 2.93. The number of alkyl halides is 5. The van der Waals surface area contributed by atoms with Crippen LogP contribution in [0.25, 0.3) is 0 Å². The highest BCUT2D eigenvalue weighted by molar-refractivity contribution is 5.84. The topological polar surface area (TPSA) is 32.3 Å². The molecule has 1 aliphatic rings. The van der Waals surface area contributed by atoms with Crippen LogP contribution in [-0.4, -0.2) is 48.6 Å². The number of nitrogens with zero attached hydrogens (tertiary/aromatic N) is 1. The number of nitrogens with one attached hydrogen (secondary N) is 1. The monoisotopic (exact) mass is 274 g/mol. The van der Waals surface area contributed by atoms with Crippen LogP contribution in [0.5, 0.6) is 0 Å². The summed E-state index contributed by atoms with van der Waals surface area (Å²) in [4.78, 5) is 12.9. The molecule has 106 valence electrons. The average molecular weight is 274 g/mol. The summed E-state index contributed by atoms with van der Waals surface area (Å²) in [5.74, 6) is -7.60. The maximum atomic E-state index is 12.7. The zero-order valence-electron chi connectivity index (χ0n) is 9.86. The molecule has 1 N–H and O–H groups in total. The molecule has 1 unspecified atom stereocenters. The first-order valence-electron chi connectivity index (χ1n) is 5.66. The number of carbonyl (C=O) groups excluding carboxylic acids is 1. The SMILES string of the molecule is CCN1CCCC(NC(=O)C(F)(F)C(F)(F)F)C1. The fourth-order valence-corrected chi connectivity index (χ4v) is 1.87. The van der Waals surface area contributed by atoms with Gasteiger partial charge in [-0.15, -0.1) is 0 Å². The van der Waals surface area contributed by atoms with Crippen molar-refractivity contribution in [1.29, 1.82) is 0 Å². The Labute approximate surface area is 101 Å². The van der Waals surface area contributed by atoms with Crippen molar-refractivity contribution in [3.63, 3.8) is 0 Å². The Kier molecular flexibility index (Phi) is 4.52. The summed E-state index contributed by atoms with van der Waals surface area (Å²) in [5, 5.41) is 1.78. The van der Waals surface area contributed by atoms with Crippen molar-refractivity contribution in [3.05, 3.63) is 0 Å². The second kappa shape index (κ2) is 5.38. The van der Waals surface area contributed by atoms with Gasteiger partial charge in [-0.05, 0) is 25.9 Å². The van der Waals surface area contributed by atoms with Gasteiger partial charge in [0.2, 0.25) is 0 Å². The molecular weight excluding hydrogens is 259 g/mol. The smallest absolute Gasteiger partial charge is 0.347 e. The summed E-state index contributed by atoms with van der Waals surface area (Å²) in [6.45, 7) is 3.59. The summed E-state index contributed by atoms with van der Waals surface area (Å²) >= 11 is 0. The van der Waals surface area contributed by atoms with E-state index in [2.05, 4.69) is 0 Å². The summed E-state index contributed by atoms with van der Waals surface area (Å²) in [6.07, 6.45) is -4.78. The van der Waals surface area contributed by atoms with Crippen molar-refractivity contribution in [1.82, 2.24) is 10.2 Å². The number of halogens is 5. The number of hydrogen-bond acceptors (Lipinski definition) is 2. The molecule has 8 heteroatoms. The molecule has 3 nitrogen and oxygen atoms in total. The van der Waals surface area contributed by atoms with E-state index in [0.29, 0.717) is 25.9 Å². The van der Waals surface area contributed by atoms with Crippen LogP contribution in [0.1, 0.15) is 19.8 Å². The van der Waals surface area contributed by atoms with Crippen LogP contribution < -0.4 is 5.32 Å². The van der Waals surface area contributed by atoms with Gasteiger partial charge in [0.05, 0.1) is 0 Å². The Bertz CT molecular complexity index is 305. The van der Waals surface area contributed by atoms with Gasteiger partial charge in [0.1, 0.15) is 0 Å². The van der Waals surface area contributed by atoms with Crippen molar-refractivity contribution < 1.29 is 26.7 Å². The van der Waals surface area contributed by atoms with Crippen LogP contribution in [-0.2, 0) is 4.79 Å². The fraction of sp³-hybridized carbons (Fsp3) is 0.900. The van der Waals surface area contributed by atoms with E-state index in [9.17, 15) is 26.7 Å². The van der Waals surface area contributed by atoms with Crippen LogP contribution in [0, 0.1) is 0 Å². The van der Waals surface area contributed by atoms with Gasteiger partial charge < -0.3 is 10.2 Å². The molecule has 0 spiro atoms. The minimum atomic E-state index is -5.85. The van der Waals surface area contributed by atoms with Crippen molar-refractivity contribution in [2.45, 2.75) is 37.9 Å². The minimum Gasteiger partial charge on any atom is -0.347 e. The Hall–Kier alpha value is -0.920. The number of likely N-dealkylation sites (tertiary alicyclic amines) is 1. The second-order valence-electron chi connectivity index (χ2n) is 4.28. The zero-order chi connectivity index (χ0) is 14.0. The van der Waals surface area contributed by atoms with Gasteiger partial charge in [-0.3, -0.25) is 4.79 Å². The molecule has 0 aliphatic carbocycles. The number of hydrogen-bond donors (Lipinski definition) is 1. The largest absolute Gasteiger partial charge is 0.463 e. The van der Waals surface area contributed by atoms with Crippen LogP contribution in [0.3, 0.4) is 0 Å². The van der Waals surface area contributed by atoms with Crippen LogP contribution in [0.2, 0.25) is 0 Å². The minimum absolute atomic E-state index is 0.302. The van der Waals surface area contributed by atoms with E-state index in [4.69, 9.17) is 0 Å². The zero-order valence-corrected chi connectivity index (χ0v) is 9.86. The predicted octanol–water partition coefficient (Wildman–Crippen LogP) is 1.78. The predicted molar refractivity (Wildman–Crippen MR) is 54.3 cm³/mol. The molecule has 1 aliphatic heterocycles. The van der Waals surface area contributed by atoms with Crippen LogP contribution >= 0.6 is 0 Å². The third kappa shape index (κ3) is 3.30. The highest BCUT2D eigenvalue weighted by Crippen LogP contribution is 2.35. The maximum Gasteiger partial charge on any atom is 0.463 e. The van der Waals surface area contributed by atoms with Crippen molar-refractivity contribution in [2.24, 2.45) is 0 Å². The summed E-state index contributed by atoms with van der Waals surface area (Å²) < 4.78 is 61.3. The molecule has 0 saturated carbocycles. The molecule has 1 atom stereocenters. The Balaban J connectivity index is 2.59. The normalized spacial score (nSPS) is 22.9. The van der Waals surface area contributed by atoms with E-state index in [0.717, 1.165) is 6.54 Å². The van der Waals surface area contributed by atoms with Crippen molar-refractivity contribution >= 4 is 5.91 Å². The summed E-state index contributed by atoms with van der Waals surface area (Å²) in [6, 6.07) is -0.653. The highest BCUT2D eigenvalue weighted by Gasteiger charge is 2.63. The van der Waals surface area contributed by atoms with E-state index >= 15 is 0 Å². The Morgan fingerprint density at radius 2 is 1.94 bits per heavy atom. The average Bonchev–Trinajstić information content (AvgIpc) is 2.27. The fourth-order valence-electron chi connectivity index (χ4n) is 1.87. The lowest BCUT2D eigenvalue weighted by molar-refractivity contribution is -0.270.